The first-order valence-corrected chi connectivity index (χ1v) is 5.37. The van der Waals surface area contributed by atoms with Crippen molar-refractivity contribution in [3.63, 3.8) is 0 Å². The molecule has 96 valence electrons. The molecule has 19 heavy (non-hydrogen) atoms. The van der Waals surface area contributed by atoms with Crippen LogP contribution in [0.1, 0.15) is 15.9 Å². The molecule has 0 bridgehead atoms. The second-order valence-corrected chi connectivity index (χ2v) is 3.60. The smallest absolute Gasteiger partial charge is 0.365 e. The Kier molecular flexibility index (Phi) is 3.82. The third-order valence-corrected chi connectivity index (χ3v) is 2.28. The number of halogens is 1. The number of carbonyl (C=O) groups is 1. The highest BCUT2D eigenvalue weighted by molar-refractivity contribution is 5.98. The van der Waals surface area contributed by atoms with Crippen molar-refractivity contribution in [1.82, 2.24) is 4.98 Å². The molecule has 0 aliphatic rings. The van der Waals surface area contributed by atoms with Crippen LogP contribution in [0.2, 0.25) is 0 Å². The van der Waals surface area contributed by atoms with E-state index in [0.717, 1.165) is 12.1 Å². The molecule has 6 heteroatoms. The van der Waals surface area contributed by atoms with Crippen molar-refractivity contribution in [2.75, 3.05) is 0 Å². The lowest BCUT2D eigenvalue weighted by molar-refractivity contribution is 0.0516. The molecular formula is C13H10FN3O2. The number of carbonyl (C=O) groups excluding carboxylic acids is 1. The van der Waals surface area contributed by atoms with Gasteiger partial charge in [-0.1, -0.05) is 5.16 Å². The number of nitrogens with zero attached hydrogens (tertiary/aromatic N) is 2. The Morgan fingerprint density at radius 2 is 1.74 bits per heavy atom. The Hall–Kier alpha value is -2.76. The van der Waals surface area contributed by atoms with Gasteiger partial charge in [0.25, 0.3) is 0 Å². The van der Waals surface area contributed by atoms with Crippen molar-refractivity contribution < 1.29 is 14.0 Å². The molecule has 0 saturated heterocycles. The number of amidine groups is 1. The van der Waals surface area contributed by atoms with Crippen molar-refractivity contribution in [3.8, 4) is 0 Å². The second-order valence-electron chi connectivity index (χ2n) is 3.60. The Morgan fingerprint density at radius 1 is 1.11 bits per heavy atom. The molecule has 1 aromatic carbocycles. The van der Waals surface area contributed by atoms with E-state index in [1.54, 1.807) is 24.5 Å². The van der Waals surface area contributed by atoms with Gasteiger partial charge in [0.05, 0.1) is 5.56 Å². The van der Waals surface area contributed by atoms with E-state index in [0.29, 0.717) is 5.56 Å². The minimum atomic E-state index is -0.711. The molecular weight excluding hydrogens is 249 g/mol. The Labute approximate surface area is 108 Å². The summed E-state index contributed by atoms with van der Waals surface area (Å²) in [4.78, 5) is 20.1. The molecule has 1 aromatic heterocycles. The van der Waals surface area contributed by atoms with Crippen LogP contribution in [-0.2, 0) is 4.84 Å². The number of pyridine rings is 1. The molecule has 0 aliphatic carbocycles. The van der Waals surface area contributed by atoms with Crippen LogP contribution in [0.4, 0.5) is 4.39 Å². The summed E-state index contributed by atoms with van der Waals surface area (Å²) < 4.78 is 12.7. The standard InChI is InChI=1S/C13H10FN3O2/c14-11-3-1-10(2-4-11)13(18)19-17-12(15)9-5-7-16-8-6-9/h1-8H,(H2,15,17). The fourth-order valence-electron chi connectivity index (χ4n) is 1.30. The molecule has 0 unspecified atom stereocenters. The zero-order valence-electron chi connectivity index (χ0n) is 9.79. The van der Waals surface area contributed by atoms with E-state index in [1.165, 1.54) is 12.1 Å². The van der Waals surface area contributed by atoms with Gasteiger partial charge >= 0.3 is 5.97 Å². The fourth-order valence-corrected chi connectivity index (χ4v) is 1.30. The van der Waals surface area contributed by atoms with Crippen LogP contribution in [0.5, 0.6) is 0 Å². The molecule has 0 saturated carbocycles. The maximum Gasteiger partial charge on any atom is 0.365 e. The maximum absolute atomic E-state index is 12.7. The lowest BCUT2D eigenvalue weighted by Gasteiger charge is -2.00. The summed E-state index contributed by atoms with van der Waals surface area (Å²) in [5.41, 5.74) is 6.40. The van der Waals surface area contributed by atoms with Gasteiger partial charge in [0, 0.05) is 18.0 Å². The lowest BCUT2D eigenvalue weighted by Crippen LogP contribution is -2.15. The highest BCUT2D eigenvalue weighted by atomic mass is 19.1. The SMILES string of the molecule is N/C(=N/OC(=O)c1ccc(F)cc1)c1ccncc1. The van der Waals surface area contributed by atoms with E-state index in [9.17, 15) is 9.18 Å². The van der Waals surface area contributed by atoms with Crippen LogP contribution in [0.15, 0.2) is 53.9 Å². The number of nitrogens with two attached hydrogens (primary N) is 1. The van der Waals surface area contributed by atoms with Gasteiger partial charge in [-0.2, -0.15) is 0 Å². The lowest BCUT2D eigenvalue weighted by atomic mass is 10.2. The van der Waals surface area contributed by atoms with Gasteiger partial charge in [0.2, 0.25) is 0 Å². The summed E-state index contributed by atoms with van der Waals surface area (Å²) in [6.45, 7) is 0. The first-order chi connectivity index (χ1) is 9.16. The predicted molar refractivity (Wildman–Crippen MR) is 66.8 cm³/mol. The summed E-state index contributed by atoms with van der Waals surface area (Å²) in [7, 11) is 0. The van der Waals surface area contributed by atoms with E-state index in [2.05, 4.69) is 15.0 Å². The Morgan fingerprint density at radius 3 is 2.37 bits per heavy atom. The Bertz CT molecular complexity index is 597. The topological polar surface area (TPSA) is 77.6 Å². The third kappa shape index (κ3) is 3.35. The molecule has 0 radical (unpaired) electrons. The average Bonchev–Trinajstić information content (AvgIpc) is 2.46. The van der Waals surface area contributed by atoms with Crippen LogP contribution >= 0.6 is 0 Å². The van der Waals surface area contributed by atoms with Crippen LogP contribution in [0.3, 0.4) is 0 Å². The van der Waals surface area contributed by atoms with Gasteiger partial charge in [-0.25, -0.2) is 9.18 Å². The molecule has 0 amide bonds. The second kappa shape index (κ2) is 5.72. The molecule has 0 fully saturated rings. The Balaban J connectivity index is 2.06. The highest BCUT2D eigenvalue weighted by Crippen LogP contribution is 2.05. The molecule has 2 aromatic rings. The average molecular weight is 259 g/mol. The first-order valence-electron chi connectivity index (χ1n) is 5.37. The summed E-state index contributed by atoms with van der Waals surface area (Å²) in [5.74, 6) is -1.09. The van der Waals surface area contributed by atoms with Crippen LogP contribution in [0, 0.1) is 5.82 Å². The van der Waals surface area contributed by atoms with Gasteiger partial charge in [-0.05, 0) is 36.4 Å². The molecule has 2 N–H and O–H groups in total. The minimum absolute atomic E-state index is 0.0536. The van der Waals surface area contributed by atoms with Gasteiger partial charge < -0.3 is 10.6 Å². The summed E-state index contributed by atoms with van der Waals surface area (Å²) in [6.07, 6.45) is 3.08. The molecule has 5 nitrogen and oxygen atoms in total. The number of hydrogen-bond donors (Lipinski definition) is 1. The summed E-state index contributed by atoms with van der Waals surface area (Å²) in [6, 6.07) is 8.18. The van der Waals surface area contributed by atoms with Crippen molar-refractivity contribution in [1.29, 1.82) is 0 Å². The maximum atomic E-state index is 12.7. The number of aromatic nitrogens is 1. The normalized spacial score (nSPS) is 11.1. The van der Waals surface area contributed by atoms with Crippen molar-refractivity contribution in [3.05, 3.63) is 65.7 Å². The summed E-state index contributed by atoms with van der Waals surface area (Å²) in [5, 5.41) is 3.52. The van der Waals surface area contributed by atoms with Gasteiger partial charge in [-0.3, -0.25) is 4.98 Å². The fraction of sp³-hybridized carbons (Fsp3) is 0. The van der Waals surface area contributed by atoms with Gasteiger partial charge in [-0.15, -0.1) is 0 Å². The number of hydrogen-bond acceptors (Lipinski definition) is 4. The minimum Gasteiger partial charge on any atom is -0.380 e. The molecule has 0 aliphatic heterocycles. The van der Waals surface area contributed by atoms with Crippen molar-refractivity contribution in [2.45, 2.75) is 0 Å². The van der Waals surface area contributed by atoms with E-state index in [-0.39, 0.29) is 11.4 Å². The van der Waals surface area contributed by atoms with E-state index in [1.807, 2.05) is 0 Å². The van der Waals surface area contributed by atoms with Crippen LogP contribution < -0.4 is 5.73 Å². The zero-order chi connectivity index (χ0) is 13.7. The van der Waals surface area contributed by atoms with Crippen LogP contribution in [0.25, 0.3) is 0 Å². The highest BCUT2D eigenvalue weighted by Gasteiger charge is 2.07. The first kappa shape index (κ1) is 12.7. The molecule has 2 rings (SSSR count). The number of oxime groups is 1. The van der Waals surface area contributed by atoms with Gasteiger partial charge in [0.1, 0.15) is 5.82 Å². The number of benzene rings is 1. The third-order valence-electron chi connectivity index (χ3n) is 2.28. The van der Waals surface area contributed by atoms with Crippen molar-refractivity contribution in [2.24, 2.45) is 10.9 Å². The predicted octanol–water partition coefficient (Wildman–Crippen LogP) is 1.70. The molecule has 1 heterocycles. The van der Waals surface area contributed by atoms with E-state index in [4.69, 9.17) is 5.73 Å². The van der Waals surface area contributed by atoms with Crippen LogP contribution in [-0.4, -0.2) is 16.8 Å². The molecule has 0 atom stereocenters. The number of rotatable bonds is 3. The van der Waals surface area contributed by atoms with E-state index >= 15 is 0 Å². The summed E-state index contributed by atoms with van der Waals surface area (Å²) >= 11 is 0. The largest absolute Gasteiger partial charge is 0.380 e. The molecule has 0 spiro atoms. The quantitative estimate of drug-likeness (QED) is 0.394. The van der Waals surface area contributed by atoms with E-state index < -0.39 is 11.8 Å². The monoisotopic (exact) mass is 259 g/mol. The van der Waals surface area contributed by atoms with Gasteiger partial charge in [0.15, 0.2) is 5.84 Å². The zero-order valence-corrected chi connectivity index (χ0v) is 9.79. The van der Waals surface area contributed by atoms with Crippen molar-refractivity contribution >= 4 is 11.8 Å².